The summed E-state index contributed by atoms with van der Waals surface area (Å²) in [5, 5.41) is 6.87. The first-order chi connectivity index (χ1) is 13.1. The molecule has 2 N–H and O–H groups in total. The van der Waals surface area contributed by atoms with Crippen LogP contribution in [0.3, 0.4) is 0 Å². The lowest BCUT2D eigenvalue weighted by Gasteiger charge is -2.22. The maximum absolute atomic E-state index is 5.40. The topological polar surface area (TPSA) is 58.8 Å². The van der Waals surface area contributed by atoms with Crippen molar-refractivity contribution >= 4 is 5.96 Å². The maximum atomic E-state index is 5.40. The number of hydrogen-bond donors (Lipinski definition) is 2. The van der Waals surface area contributed by atoms with Gasteiger partial charge in [0, 0.05) is 39.8 Å². The zero-order valence-corrected chi connectivity index (χ0v) is 16.8. The van der Waals surface area contributed by atoms with Crippen molar-refractivity contribution in [2.24, 2.45) is 10.4 Å². The van der Waals surface area contributed by atoms with Gasteiger partial charge in [-0.25, -0.2) is 0 Å². The first-order valence-corrected chi connectivity index (χ1v) is 9.66. The third-order valence-corrected chi connectivity index (χ3v) is 4.44. The van der Waals surface area contributed by atoms with E-state index in [1.54, 1.807) is 13.4 Å². The first-order valence-electron chi connectivity index (χ1n) is 9.66. The van der Waals surface area contributed by atoms with Crippen LogP contribution in [-0.4, -0.2) is 39.3 Å². The fraction of sp³-hybridized carbons (Fsp3) is 0.500. The highest BCUT2D eigenvalue weighted by Crippen LogP contribution is 2.20. The van der Waals surface area contributed by atoms with Gasteiger partial charge >= 0.3 is 0 Å². The van der Waals surface area contributed by atoms with Crippen molar-refractivity contribution in [2.45, 2.75) is 33.1 Å². The van der Waals surface area contributed by atoms with Gasteiger partial charge in [-0.2, -0.15) is 0 Å². The van der Waals surface area contributed by atoms with E-state index in [9.17, 15) is 0 Å². The SMILES string of the molecule is COCCC(C)(C)CN=C(NCCc1ccccc1)NCCc1ccco1. The number of methoxy groups -OCH3 is 1. The van der Waals surface area contributed by atoms with Crippen molar-refractivity contribution in [2.75, 3.05) is 33.4 Å². The second-order valence-corrected chi connectivity index (χ2v) is 7.49. The van der Waals surface area contributed by atoms with Crippen LogP contribution in [0.5, 0.6) is 0 Å². The Balaban J connectivity index is 1.86. The summed E-state index contributed by atoms with van der Waals surface area (Å²) in [6.45, 7) is 7.57. The summed E-state index contributed by atoms with van der Waals surface area (Å²) in [5.74, 6) is 1.83. The Hall–Kier alpha value is -2.27. The highest BCUT2D eigenvalue weighted by molar-refractivity contribution is 5.79. The molecule has 5 nitrogen and oxygen atoms in total. The molecule has 0 fully saturated rings. The Bertz CT molecular complexity index is 651. The molecular formula is C22H33N3O2. The van der Waals surface area contributed by atoms with Crippen LogP contribution in [0.2, 0.25) is 0 Å². The Kier molecular flexibility index (Phi) is 8.92. The second-order valence-electron chi connectivity index (χ2n) is 7.49. The number of rotatable bonds is 11. The highest BCUT2D eigenvalue weighted by Gasteiger charge is 2.17. The summed E-state index contributed by atoms with van der Waals surface area (Å²) < 4.78 is 10.6. The quantitative estimate of drug-likeness (QED) is 0.467. The van der Waals surface area contributed by atoms with Crippen molar-refractivity contribution < 1.29 is 9.15 Å². The molecule has 0 amide bonds. The summed E-state index contributed by atoms with van der Waals surface area (Å²) in [6, 6.07) is 14.4. The molecule has 2 rings (SSSR count). The van der Waals surface area contributed by atoms with Gasteiger partial charge in [0.05, 0.1) is 6.26 Å². The van der Waals surface area contributed by atoms with Gasteiger partial charge in [-0.1, -0.05) is 44.2 Å². The van der Waals surface area contributed by atoms with Crippen molar-refractivity contribution in [3.63, 3.8) is 0 Å². The normalized spacial score (nSPS) is 12.2. The van der Waals surface area contributed by atoms with Crippen LogP contribution in [0.1, 0.15) is 31.6 Å². The average Bonchev–Trinajstić information content (AvgIpc) is 3.18. The number of ether oxygens (including phenoxy) is 1. The molecule has 0 aliphatic carbocycles. The molecule has 0 atom stereocenters. The first kappa shape index (κ1) is 21.0. The van der Waals surface area contributed by atoms with E-state index in [2.05, 4.69) is 48.7 Å². The molecule has 0 radical (unpaired) electrons. The average molecular weight is 372 g/mol. The van der Waals surface area contributed by atoms with Crippen LogP contribution >= 0.6 is 0 Å². The molecule has 0 bridgehead atoms. The Labute approximate surface area is 163 Å². The summed E-state index contributed by atoms with van der Waals surface area (Å²) in [7, 11) is 1.74. The van der Waals surface area contributed by atoms with Crippen molar-refractivity contribution in [3.05, 3.63) is 60.1 Å². The van der Waals surface area contributed by atoms with Crippen LogP contribution in [0.25, 0.3) is 0 Å². The summed E-state index contributed by atoms with van der Waals surface area (Å²) in [5.41, 5.74) is 1.42. The number of furan rings is 1. The van der Waals surface area contributed by atoms with E-state index in [-0.39, 0.29) is 5.41 Å². The van der Waals surface area contributed by atoms with Gasteiger partial charge in [-0.05, 0) is 36.0 Å². The van der Waals surface area contributed by atoms with Gasteiger partial charge < -0.3 is 19.8 Å². The van der Waals surface area contributed by atoms with E-state index in [1.807, 2.05) is 18.2 Å². The Morgan fingerprint density at radius 3 is 2.44 bits per heavy atom. The van der Waals surface area contributed by atoms with E-state index in [0.29, 0.717) is 0 Å². The predicted molar refractivity (Wildman–Crippen MR) is 111 cm³/mol. The van der Waals surface area contributed by atoms with Gasteiger partial charge in [0.25, 0.3) is 0 Å². The van der Waals surface area contributed by atoms with Crippen LogP contribution in [0.15, 0.2) is 58.1 Å². The molecule has 0 saturated carbocycles. The van der Waals surface area contributed by atoms with Gasteiger partial charge in [0.15, 0.2) is 5.96 Å². The molecule has 0 aliphatic rings. The largest absolute Gasteiger partial charge is 0.469 e. The summed E-state index contributed by atoms with van der Waals surface area (Å²) in [4.78, 5) is 4.81. The number of nitrogens with one attached hydrogen (secondary N) is 2. The minimum absolute atomic E-state index is 0.102. The number of aliphatic imine (C=N–C) groups is 1. The van der Waals surface area contributed by atoms with Gasteiger partial charge in [0.2, 0.25) is 0 Å². The minimum Gasteiger partial charge on any atom is -0.469 e. The molecule has 5 heteroatoms. The monoisotopic (exact) mass is 371 g/mol. The lowest BCUT2D eigenvalue weighted by atomic mass is 9.90. The van der Waals surface area contributed by atoms with Crippen LogP contribution in [-0.2, 0) is 17.6 Å². The van der Waals surface area contributed by atoms with Crippen LogP contribution in [0, 0.1) is 5.41 Å². The standard InChI is InChI=1S/C22H33N3O2/c1-22(2,13-17-26-3)18-25-21(24-15-12-20-10-7-16-27-20)23-14-11-19-8-5-4-6-9-19/h4-10,16H,11-15,17-18H2,1-3H3,(H2,23,24,25). The van der Waals surface area contributed by atoms with E-state index >= 15 is 0 Å². The zero-order chi connectivity index (χ0) is 19.4. The number of guanidine groups is 1. The summed E-state index contributed by atoms with van der Waals surface area (Å²) >= 11 is 0. The number of nitrogens with zero attached hydrogens (tertiary/aromatic N) is 1. The van der Waals surface area contributed by atoms with Gasteiger partial charge in [-0.3, -0.25) is 4.99 Å². The lowest BCUT2D eigenvalue weighted by Crippen LogP contribution is -2.40. The fourth-order valence-electron chi connectivity index (χ4n) is 2.65. The van der Waals surface area contributed by atoms with Gasteiger partial charge in [0.1, 0.15) is 5.76 Å². The van der Waals surface area contributed by atoms with Crippen LogP contribution in [0.4, 0.5) is 0 Å². The van der Waals surface area contributed by atoms with Crippen LogP contribution < -0.4 is 10.6 Å². The van der Waals surface area contributed by atoms with Crippen molar-refractivity contribution in [1.29, 1.82) is 0 Å². The number of benzene rings is 1. The second kappa shape index (κ2) is 11.4. The molecule has 27 heavy (non-hydrogen) atoms. The molecule has 1 heterocycles. The Morgan fingerprint density at radius 2 is 1.78 bits per heavy atom. The van der Waals surface area contributed by atoms with Gasteiger partial charge in [-0.15, -0.1) is 0 Å². The molecule has 0 spiro atoms. The van der Waals surface area contributed by atoms with Crippen molar-refractivity contribution in [3.8, 4) is 0 Å². The third kappa shape index (κ3) is 8.78. The van der Waals surface area contributed by atoms with E-state index < -0.39 is 0 Å². The minimum atomic E-state index is 0.102. The molecule has 0 aliphatic heterocycles. The molecule has 0 unspecified atom stereocenters. The lowest BCUT2D eigenvalue weighted by molar-refractivity contribution is 0.155. The Morgan fingerprint density at radius 1 is 1.04 bits per heavy atom. The molecule has 1 aromatic heterocycles. The number of hydrogen-bond acceptors (Lipinski definition) is 3. The zero-order valence-electron chi connectivity index (χ0n) is 16.8. The fourth-order valence-corrected chi connectivity index (χ4v) is 2.65. The van der Waals surface area contributed by atoms with E-state index in [0.717, 1.165) is 57.2 Å². The molecule has 1 aromatic carbocycles. The maximum Gasteiger partial charge on any atom is 0.191 e. The summed E-state index contributed by atoms with van der Waals surface area (Å²) in [6.07, 6.45) is 4.49. The molecule has 148 valence electrons. The van der Waals surface area contributed by atoms with E-state index in [1.165, 1.54) is 5.56 Å². The molecule has 0 saturated heterocycles. The predicted octanol–water partition coefficient (Wildman–Crippen LogP) is 3.66. The van der Waals surface area contributed by atoms with E-state index in [4.69, 9.17) is 14.1 Å². The molecular weight excluding hydrogens is 338 g/mol. The third-order valence-electron chi connectivity index (χ3n) is 4.44. The van der Waals surface area contributed by atoms with Crippen molar-refractivity contribution in [1.82, 2.24) is 10.6 Å². The highest BCUT2D eigenvalue weighted by atomic mass is 16.5. The smallest absolute Gasteiger partial charge is 0.191 e. The molecule has 2 aromatic rings.